The number of aryl methyl sites for hydroxylation is 1. The summed E-state index contributed by atoms with van der Waals surface area (Å²) in [5, 5.41) is 0. The highest BCUT2D eigenvalue weighted by Crippen LogP contribution is 2.36. The molecule has 0 saturated carbocycles. The molecule has 0 N–H and O–H groups in total. The highest BCUT2D eigenvalue weighted by atomic mass is 32.2. The first-order valence-corrected chi connectivity index (χ1v) is 10.0. The second kappa shape index (κ2) is 5.66. The molecule has 4 heterocycles. The lowest BCUT2D eigenvalue weighted by molar-refractivity contribution is 0.454. The third-order valence-corrected chi connectivity index (χ3v) is 7.05. The zero-order chi connectivity index (χ0) is 16.9. The van der Waals surface area contributed by atoms with Crippen molar-refractivity contribution in [2.45, 2.75) is 20.4 Å². The van der Waals surface area contributed by atoms with Gasteiger partial charge in [0.05, 0.1) is 12.1 Å². The molecule has 2 aromatic rings. The molecule has 2 aliphatic heterocycles. The molecule has 9 heteroatoms. The molecular formula is C15H22N6O2S. The van der Waals surface area contributed by atoms with Gasteiger partial charge in [0, 0.05) is 32.7 Å². The summed E-state index contributed by atoms with van der Waals surface area (Å²) in [6.07, 6.45) is 3.39. The van der Waals surface area contributed by atoms with Crippen molar-refractivity contribution in [1.82, 2.24) is 23.8 Å². The Hall–Kier alpha value is -1.74. The minimum atomic E-state index is -3.08. The lowest BCUT2D eigenvalue weighted by atomic mass is 10.0. The van der Waals surface area contributed by atoms with E-state index in [1.165, 1.54) is 0 Å². The summed E-state index contributed by atoms with van der Waals surface area (Å²) < 4.78 is 27.8. The molecule has 0 aliphatic carbocycles. The third kappa shape index (κ3) is 2.37. The number of fused-ring (bicyclic) bond motifs is 2. The van der Waals surface area contributed by atoms with Gasteiger partial charge in [0.2, 0.25) is 10.0 Å². The van der Waals surface area contributed by atoms with Crippen LogP contribution in [0, 0.1) is 11.8 Å². The minimum absolute atomic E-state index is 0.178. The predicted octanol–water partition coefficient (Wildman–Crippen LogP) is 0.564. The molecule has 0 amide bonds. The Labute approximate surface area is 141 Å². The molecule has 8 nitrogen and oxygen atoms in total. The van der Waals surface area contributed by atoms with Gasteiger partial charge in [-0.3, -0.25) is 0 Å². The summed E-state index contributed by atoms with van der Waals surface area (Å²) in [7, 11) is -3.08. The van der Waals surface area contributed by atoms with E-state index in [1.807, 2.05) is 4.57 Å². The quantitative estimate of drug-likeness (QED) is 0.801. The van der Waals surface area contributed by atoms with E-state index >= 15 is 0 Å². The van der Waals surface area contributed by atoms with Crippen LogP contribution in [-0.4, -0.2) is 64.2 Å². The SMILES string of the molecule is CCn1cnc2c(N3CC4CN(S(=O)(=O)CC)CC4C3)ncnc21. The fourth-order valence-electron chi connectivity index (χ4n) is 3.86. The van der Waals surface area contributed by atoms with Gasteiger partial charge in [-0.1, -0.05) is 0 Å². The molecule has 2 fully saturated rings. The summed E-state index contributed by atoms with van der Waals surface area (Å²) in [5.74, 6) is 1.78. The summed E-state index contributed by atoms with van der Waals surface area (Å²) >= 11 is 0. The lowest BCUT2D eigenvalue weighted by Crippen LogP contribution is -2.34. The van der Waals surface area contributed by atoms with Gasteiger partial charge in [-0.2, -0.15) is 0 Å². The van der Waals surface area contributed by atoms with Gasteiger partial charge >= 0.3 is 0 Å². The van der Waals surface area contributed by atoms with Gasteiger partial charge in [0.25, 0.3) is 0 Å². The molecule has 130 valence electrons. The minimum Gasteiger partial charge on any atom is -0.354 e. The van der Waals surface area contributed by atoms with Gasteiger partial charge in [0.1, 0.15) is 6.33 Å². The number of imidazole rings is 1. The van der Waals surface area contributed by atoms with Gasteiger partial charge < -0.3 is 9.47 Å². The summed E-state index contributed by atoms with van der Waals surface area (Å²) in [5.41, 5.74) is 1.69. The van der Waals surface area contributed by atoms with Crippen molar-refractivity contribution in [2.24, 2.45) is 11.8 Å². The molecule has 0 radical (unpaired) electrons. The average molecular weight is 350 g/mol. The fourth-order valence-corrected chi connectivity index (χ4v) is 5.07. The molecule has 2 saturated heterocycles. The van der Waals surface area contributed by atoms with Crippen LogP contribution in [0.1, 0.15) is 13.8 Å². The van der Waals surface area contributed by atoms with Crippen molar-refractivity contribution < 1.29 is 8.42 Å². The van der Waals surface area contributed by atoms with Crippen molar-refractivity contribution in [2.75, 3.05) is 36.8 Å². The van der Waals surface area contributed by atoms with Crippen LogP contribution in [0.25, 0.3) is 11.2 Å². The van der Waals surface area contributed by atoms with Crippen molar-refractivity contribution in [1.29, 1.82) is 0 Å². The van der Waals surface area contributed by atoms with Crippen LogP contribution in [0.5, 0.6) is 0 Å². The largest absolute Gasteiger partial charge is 0.354 e. The van der Waals surface area contributed by atoms with Crippen molar-refractivity contribution >= 4 is 27.0 Å². The van der Waals surface area contributed by atoms with Crippen LogP contribution >= 0.6 is 0 Å². The Morgan fingerprint density at radius 3 is 2.42 bits per heavy atom. The van der Waals surface area contributed by atoms with Crippen LogP contribution in [0.2, 0.25) is 0 Å². The number of sulfonamides is 1. The first kappa shape index (κ1) is 15.8. The van der Waals surface area contributed by atoms with Gasteiger partial charge in [-0.05, 0) is 25.7 Å². The van der Waals surface area contributed by atoms with Gasteiger partial charge in [0.15, 0.2) is 17.0 Å². The van der Waals surface area contributed by atoms with E-state index in [0.717, 1.165) is 36.6 Å². The lowest BCUT2D eigenvalue weighted by Gasteiger charge is -2.21. The van der Waals surface area contributed by atoms with E-state index in [9.17, 15) is 8.42 Å². The summed E-state index contributed by atoms with van der Waals surface area (Å²) in [6.45, 7) is 7.48. The highest BCUT2D eigenvalue weighted by Gasteiger charge is 2.44. The second-order valence-electron chi connectivity index (χ2n) is 6.54. The van der Waals surface area contributed by atoms with Gasteiger partial charge in [-0.25, -0.2) is 27.7 Å². The van der Waals surface area contributed by atoms with E-state index < -0.39 is 10.0 Å². The molecule has 0 aromatic carbocycles. The predicted molar refractivity (Wildman–Crippen MR) is 91.2 cm³/mol. The molecule has 24 heavy (non-hydrogen) atoms. The van der Waals surface area contributed by atoms with Crippen LogP contribution < -0.4 is 4.90 Å². The maximum Gasteiger partial charge on any atom is 0.213 e. The topological polar surface area (TPSA) is 84.2 Å². The van der Waals surface area contributed by atoms with E-state index in [2.05, 4.69) is 26.8 Å². The Kier molecular flexibility index (Phi) is 3.72. The monoisotopic (exact) mass is 350 g/mol. The van der Waals surface area contributed by atoms with E-state index in [-0.39, 0.29) is 5.75 Å². The van der Waals surface area contributed by atoms with Crippen molar-refractivity contribution in [3.8, 4) is 0 Å². The maximum atomic E-state index is 12.1. The Morgan fingerprint density at radius 2 is 1.79 bits per heavy atom. The normalized spacial score (nSPS) is 24.8. The van der Waals surface area contributed by atoms with Crippen LogP contribution in [0.15, 0.2) is 12.7 Å². The fraction of sp³-hybridized carbons (Fsp3) is 0.667. The number of anilines is 1. The summed E-state index contributed by atoms with van der Waals surface area (Å²) in [6, 6.07) is 0. The Morgan fingerprint density at radius 1 is 1.08 bits per heavy atom. The maximum absolute atomic E-state index is 12.1. The smallest absolute Gasteiger partial charge is 0.213 e. The molecular weight excluding hydrogens is 328 g/mol. The number of hydrogen-bond acceptors (Lipinski definition) is 6. The third-order valence-electron chi connectivity index (χ3n) is 5.23. The number of nitrogens with zero attached hydrogens (tertiary/aromatic N) is 6. The number of rotatable bonds is 4. The van der Waals surface area contributed by atoms with Crippen LogP contribution in [0.4, 0.5) is 5.82 Å². The van der Waals surface area contributed by atoms with E-state index in [0.29, 0.717) is 24.9 Å². The zero-order valence-electron chi connectivity index (χ0n) is 14.0. The van der Waals surface area contributed by atoms with Crippen molar-refractivity contribution in [3.63, 3.8) is 0 Å². The molecule has 0 bridgehead atoms. The summed E-state index contributed by atoms with van der Waals surface area (Å²) in [4.78, 5) is 15.5. The standard InChI is InChI=1S/C15H22N6O2S/c1-3-19-10-18-13-14(19)16-9-17-15(13)20-5-11-7-21(8-12(11)6-20)24(22,23)4-2/h9-12H,3-8H2,1-2H3. The van der Waals surface area contributed by atoms with Gasteiger partial charge in [-0.15, -0.1) is 0 Å². The number of hydrogen-bond donors (Lipinski definition) is 0. The van der Waals surface area contributed by atoms with E-state index in [4.69, 9.17) is 0 Å². The number of aromatic nitrogens is 4. The zero-order valence-corrected chi connectivity index (χ0v) is 14.8. The molecule has 2 unspecified atom stereocenters. The molecule has 0 spiro atoms. The Balaban J connectivity index is 1.57. The molecule has 2 aromatic heterocycles. The molecule has 4 rings (SSSR count). The van der Waals surface area contributed by atoms with E-state index in [1.54, 1.807) is 23.9 Å². The first-order chi connectivity index (χ1) is 11.5. The second-order valence-corrected chi connectivity index (χ2v) is 8.80. The van der Waals surface area contributed by atoms with Crippen molar-refractivity contribution in [3.05, 3.63) is 12.7 Å². The Bertz CT molecular complexity index is 850. The molecule has 2 atom stereocenters. The van der Waals surface area contributed by atoms with Crippen LogP contribution in [0.3, 0.4) is 0 Å². The first-order valence-electron chi connectivity index (χ1n) is 8.42. The molecule has 2 aliphatic rings. The van der Waals surface area contributed by atoms with Crippen LogP contribution in [-0.2, 0) is 16.6 Å². The highest BCUT2D eigenvalue weighted by molar-refractivity contribution is 7.89. The average Bonchev–Trinajstić information content (AvgIpc) is 3.26.